The standard InChI is InChI=1S/C20H13ClN4O8/c21-12-7-8-17(32-19(26)22-13-3-1-5-15(10-13)24(28)29)18(9-12)33-20(27)23-14-4-2-6-16(11-14)25(30)31/h1-11H,(H,22,26)(H,23,27). The maximum absolute atomic E-state index is 12.2. The largest absolute Gasteiger partial charge is 0.417 e. The number of halogens is 1. The number of ether oxygens (including phenoxy) is 2. The Kier molecular flexibility index (Phi) is 7.00. The van der Waals surface area contributed by atoms with E-state index in [1.165, 1.54) is 54.6 Å². The fourth-order valence-corrected chi connectivity index (χ4v) is 2.69. The lowest BCUT2D eigenvalue weighted by Gasteiger charge is -2.12. The molecule has 13 heteroatoms. The molecule has 0 aliphatic heterocycles. The summed E-state index contributed by atoms with van der Waals surface area (Å²) in [6.07, 6.45) is -2.04. The minimum absolute atomic E-state index is 0.0992. The van der Waals surface area contributed by atoms with Crippen LogP contribution in [0.3, 0.4) is 0 Å². The van der Waals surface area contributed by atoms with E-state index in [2.05, 4.69) is 10.6 Å². The number of non-ortho nitro benzene ring substituents is 2. The predicted molar refractivity (Wildman–Crippen MR) is 117 cm³/mol. The highest BCUT2D eigenvalue weighted by atomic mass is 35.5. The SMILES string of the molecule is O=C(Nc1cccc([N+](=O)[O-])c1)Oc1ccc(Cl)cc1OC(=O)Nc1cccc([N+](=O)[O-])c1. The Labute approximate surface area is 190 Å². The summed E-state index contributed by atoms with van der Waals surface area (Å²) in [7, 11) is 0. The summed E-state index contributed by atoms with van der Waals surface area (Å²) in [6.45, 7) is 0. The molecule has 0 saturated carbocycles. The number of nitrogens with zero attached hydrogens (tertiary/aromatic N) is 2. The normalized spacial score (nSPS) is 10.1. The van der Waals surface area contributed by atoms with Crippen molar-refractivity contribution in [3.8, 4) is 11.5 Å². The van der Waals surface area contributed by atoms with E-state index < -0.39 is 22.0 Å². The number of rotatable bonds is 6. The second-order valence-corrected chi connectivity index (χ2v) is 6.67. The average molecular weight is 473 g/mol. The second kappa shape index (κ2) is 10.1. The molecule has 168 valence electrons. The van der Waals surface area contributed by atoms with Crippen molar-refractivity contribution in [2.75, 3.05) is 10.6 Å². The summed E-state index contributed by atoms with van der Waals surface area (Å²) in [5, 5.41) is 26.5. The van der Waals surface area contributed by atoms with Crippen molar-refractivity contribution in [2.24, 2.45) is 0 Å². The molecule has 0 aliphatic rings. The average Bonchev–Trinajstić information content (AvgIpc) is 2.76. The fourth-order valence-electron chi connectivity index (χ4n) is 2.53. The van der Waals surface area contributed by atoms with Crippen LogP contribution in [0.4, 0.5) is 32.3 Å². The van der Waals surface area contributed by atoms with Crippen LogP contribution in [0.25, 0.3) is 0 Å². The Hall–Kier alpha value is -4.71. The van der Waals surface area contributed by atoms with Gasteiger partial charge in [-0.1, -0.05) is 23.7 Å². The van der Waals surface area contributed by atoms with Gasteiger partial charge in [0.15, 0.2) is 11.5 Å². The lowest BCUT2D eigenvalue weighted by molar-refractivity contribution is -0.385. The van der Waals surface area contributed by atoms with Gasteiger partial charge in [0.25, 0.3) is 11.4 Å². The Morgan fingerprint density at radius 3 is 1.70 bits per heavy atom. The number of benzene rings is 3. The van der Waals surface area contributed by atoms with E-state index in [4.69, 9.17) is 21.1 Å². The summed E-state index contributed by atoms with van der Waals surface area (Å²) >= 11 is 5.92. The molecule has 3 aromatic carbocycles. The summed E-state index contributed by atoms with van der Waals surface area (Å²) in [5.74, 6) is -0.406. The first-order valence-electron chi connectivity index (χ1n) is 8.97. The zero-order valence-corrected chi connectivity index (χ0v) is 17.1. The molecular weight excluding hydrogens is 460 g/mol. The van der Waals surface area contributed by atoms with Crippen molar-refractivity contribution < 1.29 is 28.9 Å². The lowest BCUT2D eigenvalue weighted by atomic mass is 10.3. The number of hydrogen-bond donors (Lipinski definition) is 2. The summed E-state index contributed by atoms with van der Waals surface area (Å²) < 4.78 is 10.3. The van der Waals surface area contributed by atoms with Gasteiger partial charge < -0.3 is 9.47 Å². The van der Waals surface area contributed by atoms with Crippen molar-refractivity contribution in [1.82, 2.24) is 0 Å². The number of carbonyl (C=O) groups excluding carboxylic acids is 2. The van der Waals surface area contributed by atoms with E-state index in [-0.39, 0.29) is 39.3 Å². The van der Waals surface area contributed by atoms with Crippen LogP contribution in [-0.4, -0.2) is 22.0 Å². The third-order valence-electron chi connectivity index (χ3n) is 3.92. The molecule has 0 saturated heterocycles. The van der Waals surface area contributed by atoms with Crippen LogP contribution in [0.5, 0.6) is 11.5 Å². The van der Waals surface area contributed by atoms with Gasteiger partial charge in [0.2, 0.25) is 0 Å². The van der Waals surface area contributed by atoms with Crippen LogP contribution in [-0.2, 0) is 0 Å². The highest BCUT2D eigenvalue weighted by Gasteiger charge is 2.16. The van der Waals surface area contributed by atoms with Crippen molar-refractivity contribution in [3.63, 3.8) is 0 Å². The molecule has 3 aromatic rings. The van der Waals surface area contributed by atoms with Crippen LogP contribution < -0.4 is 20.1 Å². The van der Waals surface area contributed by atoms with Gasteiger partial charge in [-0.3, -0.25) is 30.9 Å². The first-order chi connectivity index (χ1) is 15.7. The van der Waals surface area contributed by atoms with Gasteiger partial charge in [0, 0.05) is 35.4 Å². The van der Waals surface area contributed by atoms with E-state index in [0.29, 0.717) is 0 Å². The second-order valence-electron chi connectivity index (χ2n) is 6.23. The molecule has 0 bridgehead atoms. The van der Waals surface area contributed by atoms with Gasteiger partial charge in [0.1, 0.15) is 0 Å². The maximum atomic E-state index is 12.2. The fraction of sp³-hybridized carbons (Fsp3) is 0. The molecule has 2 amide bonds. The van der Waals surface area contributed by atoms with Crippen LogP contribution in [0, 0.1) is 20.2 Å². The molecule has 0 aliphatic carbocycles. The van der Waals surface area contributed by atoms with Crippen molar-refractivity contribution >= 4 is 46.5 Å². The van der Waals surface area contributed by atoms with E-state index >= 15 is 0 Å². The molecule has 33 heavy (non-hydrogen) atoms. The Balaban J connectivity index is 1.71. The molecule has 0 atom stereocenters. The number of carbonyl (C=O) groups is 2. The third-order valence-corrected chi connectivity index (χ3v) is 4.15. The molecule has 12 nitrogen and oxygen atoms in total. The number of hydrogen-bond acceptors (Lipinski definition) is 8. The number of nitro groups is 2. The Morgan fingerprint density at radius 2 is 1.21 bits per heavy atom. The summed E-state index contributed by atoms with van der Waals surface area (Å²) in [6, 6.07) is 14.2. The number of anilines is 2. The van der Waals surface area contributed by atoms with E-state index in [0.717, 1.165) is 12.1 Å². The van der Waals surface area contributed by atoms with E-state index in [1.807, 2.05) is 0 Å². The van der Waals surface area contributed by atoms with Crippen LogP contribution >= 0.6 is 11.6 Å². The van der Waals surface area contributed by atoms with Gasteiger partial charge >= 0.3 is 12.2 Å². The zero-order chi connectivity index (χ0) is 24.0. The molecule has 0 fully saturated rings. The quantitative estimate of drug-likeness (QED) is 0.356. The topological polar surface area (TPSA) is 163 Å². The number of amides is 2. The lowest BCUT2D eigenvalue weighted by Crippen LogP contribution is -2.20. The highest BCUT2D eigenvalue weighted by Crippen LogP contribution is 2.31. The van der Waals surface area contributed by atoms with Crippen molar-refractivity contribution in [3.05, 3.63) is 92.0 Å². The minimum atomic E-state index is -1.03. The molecule has 0 spiro atoms. The Bertz CT molecular complexity index is 1250. The smallest absolute Gasteiger partial charge is 0.406 e. The molecule has 3 rings (SSSR count). The number of nitro benzene ring substituents is 2. The molecule has 0 aromatic heterocycles. The van der Waals surface area contributed by atoms with Gasteiger partial charge in [-0.2, -0.15) is 0 Å². The monoisotopic (exact) mass is 472 g/mol. The highest BCUT2D eigenvalue weighted by molar-refractivity contribution is 6.30. The maximum Gasteiger partial charge on any atom is 0.417 e. The Morgan fingerprint density at radius 1 is 0.727 bits per heavy atom. The molecule has 0 radical (unpaired) electrons. The van der Waals surface area contributed by atoms with Gasteiger partial charge in [-0.25, -0.2) is 9.59 Å². The summed E-state index contributed by atoms with van der Waals surface area (Å²) in [4.78, 5) is 44.9. The first-order valence-corrected chi connectivity index (χ1v) is 9.35. The first kappa shape index (κ1) is 23.0. The zero-order valence-electron chi connectivity index (χ0n) is 16.4. The van der Waals surface area contributed by atoms with Crippen molar-refractivity contribution in [1.29, 1.82) is 0 Å². The van der Waals surface area contributed by atoms with Crippen LogP contribution in [0.15, 0.2) is 66.7 Å². The van der Waals surface area contributed by atoms with Gasteiger partial charge in [-0.15, -0.1) is 0 Å². The van der Waals surface area contributed by atoms with E-state index in [9.17, 15) is 29.8 Å². The molecule has 0 unspecified atom stereocenters. The number of nitrogens with one attached hydrogen (secondary N) is 2. The minimum Gasteiger partial charge on any atom is -0.406 e. The van der Waals surface area contributed by atoms with Crippen molar-refractivity contribution in [2.45, 2.75) is 0 Å². The van der Waals surface area contributed by atoms with Crippen LogP contribution in [0.1, 0.15) is 0 Å². The van der Waals surface area contributed by atoms with Gasteiger partial charge in [-0.05, 0) is 24.3 Å². The molecular formula is C20H13ClN4O8. The van der Waals surface area contributed by atoms with Crippen LogP contribution in [0.2, 0.25) is 5.02 Å². The van der Waals surface area contributed by atoms with E-state index in [1.54, 1.807) is 0 Å². The summed E-state index contributed by atoms with van der Waals surface area (Å²) in [5.41, 5.74) is -0.269. The third kappa shape index (κ3) is 6.38. The predicted octanol–water partition coefficient (Wildman–Crippen LogP) is 5.38. The van der Waals surface area contributed by atoms with Gasteiger partial charge in [0.05, 0.1) is 21.2 Å². The molecule has 2 N–H and O–H groups in total. The molecule has 0 heterocycles.